The van der Waals surface area contributed by atoms with Crippen LogP contribution >= 0.6 is 11.6 Å². The van der Waals surface area contributed by atoms with Crippen LogP contribution in [0.5, 0.6) is 0 Å². The smallest absolute Gasteiger partial charge is 0.326 e. The van der Waals surface area contributed by atoms with Crippen molar-refractivity contribution in [2.24, 2.45) is 0 Å². The van der Waals surface area contributed by atoms with Gasteiger partial charge in [-0.15, -0.1) is 11.6 Å². The molecule has 0 aliphatic carbocycles. The number of nitrogens with one attached hydrogen (secondary N) is 3. The summed E-state index contributed by atoms with van der Waals surface area (Å²) in [4.78, 5) is 36.4. The summed E-state index contributed by atoms with van der Waals surface area (Å²) >= 11 is 5.66. The van der Waals surface area contributed by atoms with Crippen molar-refractivity contribution in [2.75, 3.05) is 17.7 Å². The maximum atomic E-state index is 12.5. The molecule has 7 nitrogen and oxygen atoms in total. The Hall–Kier alpha value is -3.06. The third kappa shape index (κ3) is 4.09. The summed E-state index contributed by atoms with van der Waals surface area (Å²) < 4.78 is 0. The van der Waals surface area contributed by atoms with Gasteiger partial charge < -0.3 is 21.1 Å². The molecule has 0 fully saturated rings. The Bertz CT molecular complexity index is 890. The lowest BCUT2D eigenvalue weighted by Gasteiger charge is -2.33. The van der Waals surface area contributed by atoms with Crippen molar-refractivity contribution < 1.29 is 19.5 Å². The van der Waals surface area contributed by atoms with Crippen LogP contribution in [0.1, 0.15) is 22.3 Å². The number of hydrogen-bond donors (Lipinski definition) is 4. The SMILES string of the molecule is O=C(CCl)NC1(CC(NC(=O)c2ccccc2)C(=O)O)CNc2ccccc21. The molecule has 28 heavy (non-hydrogen) atoms. The normalized spacial score (nSPS) is 18.5. The van der Waals surface area contributed by atoms with Crippen molar-refractivity contribution in [2.45, 2.75) is 18.0 Å². The average Bonchev–Trinajstić information content (AvgIpc) is 3.06. The number of benzene rings is 2. The van der Waals surface area contributed by atoms with Crippen LogP contribution in [0, 0.1) is 0 Å². The fourth-order valence-corrected chi connectivity index (χ4v) is 3.49. The number of carboxylic acid groups (broad SMARTS) is 1. The van der Waals surface area contributed by atoms with Crippen LogP contribution in [-0.2, 0) is 15.1 Å². The first-order valence-corrected chi connectivity index (χ1v) is 9.28. The largest absolute Gasteiger partial charge is 0.480 e. The summed E-state index contributed by atoms with van der Waals surface area (Å²) in [6.07, 6.45) is -0.0342. The van der Waals surface area contributed by atoms with Crippen LogP contribution in [0.25, 0.3) is 0 Å². The predicted octanol–water partition coefficient (Wildman–Crippen LogP) is 1.94. The molecule has 1 aliphatic heterocycles. The highest BCUT2D eigenvalue weighted by Crippen LogP contribution is 2.38. The van der Waals surface area contributed by atoms with E-state index in [0.717, 1.165) is 11.3 Å². The Balaban J connectivity index is 1.89. The van der Waals surface area contributed by atoms with Gasteiger partial charge in [0.2, 0.25) is 5.91 Å². The Morgan fingerprint density at radius 1 is 1.11 bits per heavy atom. The molecule has 0 radical (unpaired) electrons. The van der Waals surface area contributed by atoms with Crippen molar-refractivity contribution in [1.82, 2.24) is 10.6 Å². The summed E-state index contributed by atoms with van der Waals surface area (Å²) in [6, 6.07) is 14.5. The molecule has 8 heteroatoms. The quantitative estimate of drug-likeness (QED) is 0.530. The predicted molar refractivity (Wildman–Crippen MR) is 105 cm³/mol. The Morgan fingerprint density at radius 2 is 1.79 bits per heavy atom. The molecule has 3 rings (SSSR count). The highest BCUT2D eigenvalue weighted by Gasteiger charge is 2.43. The molecule has 0 spiro atoms. The van der Waals surface area contributed by atoms with E-state index >= 15 is 0 Å². The lowest BCUT2D eigenvalue weighted by molar-refractivity contribution is -0.140. The van der Waals surface area contributed by atoms with Crippen molar-refractivity contribution >= 4 is 35.1 Å². The van der Waals surface area contributed by atoms with E-state index in [4.69, 9.17) is 11.6 Å². The first-order valence-electron chi connectivity index (χ1n) is 8.74. The fourth-order valence-electron chi connectivity index (χ4n) is 3.42. The molecule has 2 aromatic rings. The van der Waals surface area contributed by atoms with Crippen molar-refractivity contribution in [3.05, 3.63) is 65.7 Å². The standard InChI is InChI=1S/C20H20ClN3O4/c21-11-17(25)24-20(12-22-15-9-5-4-8-14(15)20)10-16(19(27)28)23-18(26)13-6-2-1-3-7-13/h1-9,16,22H,10-12H2,(H,23,26)(H,24,25)(H,27,28). The van der Waals surface area contributed by atoms with Crippen LogP contribution in [0.4, 0.5) is 5.69 Å². The highest BCUT2D eigenvalue weighted by molar-refractivity contribution is 6.27. The van der Waals surface area contributed by atoms with Gasteiger partial charge in [-0.1, -0.05) is 36.4 Å². The summed E-state index contributed by atoms with van der Waals surface area (Å²) in [5, 5.41) is 18.3. The number of anilines is 1. The molecule has 0 saturated carbocycles. The Labute approximate surface area is 167 Å². The van der Waals surface area contributed by atoms with Gasteiger partial charge in [0.1, 0.15) is 11.9 Å². The second-order valence-corrected chi connectivity index (χ2v) is 6.86. The molecule has 4 N–H and O–H groups in total. The minimum Gasteiger partial charge on any atom is -0.480 e. The Kier molecular flexibility index (Phi) is 5.84. The van der Waals surface area contributed by atoms with E-state index in [-0.39, 0.29) is 12.3 Å². The summed E-state index contributed by atoms with van der Waals surface area (Å²) in [5.41, 5.74) is 0.914. The van der Waals surface area contributed by atoms with Gasteiger partial charge in [0.25, 0.3) is 5.91 Å². The van der Waals surface area contributed by atoms with E-state index in [1.165, 1.54) is 0 Å². The minimum absolute atomic E-state index is 0.0342. The summed E-state index contributed by atoms with van der Waals surface area (Å²) in [7, 11) is 0. The van der Waals surface area contributed by atoms with Gasteiger partial charge in [0, 0.05) is 29.8 Å². The number of fused-ring (bicyclic) bond motifs is 1. The number of aliphatic carboxylic acids is 1. The van der Waals surface area contributed by atoms with Crippen molar-refractivity contribution in [3.8, 4) is 0 Å². The van der Waals surface area contributed by atoms with Crippen molar-refractivity contribution in [1.29, 1.82) is 0 Å². The fraction of sp³-hybridized carbons (Fsp3) is 0.250. The average molecular weight is 402 g/mol. The molecular formula is C20H20ClN3O4. The van der Waals surface area contributed by atoms with E-state index in [9.17, 15) is 19.5 Å². The van der Waals surface area contributed by atoms with E-state index in [1.54, 1.807) is 30.3 Å². The topological polar surface area (TPSA) is 108 Å². The zero-order valence-corrected chi connectivity index (χ0v) is 15.7. The second-order valence-electron chi connectivity index (χ2n) is 6.60. The molecule has 2 amide bonds. The number of halogens is 1. The first-order chi connectivity index (χ1) is 13.4. The van der Waals surface area contributed by atoms with E-state index in [2.05, 4.69) is 16.0 Å². The van der Waals surface area contributed by atoms with Crippen LogP contribution in [0.3, 0.4) is 0 Å². The van der Waals surface area contributed by atoms with Crippen molar-refractivity contribution in [3.63, 3.8) is 0 Å². The first kappa shape index (κ1) is 19.7. The number of para-hydroxylation sites is 1. The monoisotopic (exact) mass is 401 g/mol. The molecule has 2 aromatic carbocycles. The minimum atomic E-state index is -1.21. The van der Waals surface area contributed by atoms with Crippen LogP contribution in [-0.4, -0.2) is 41.4 Å². The number of amides is 2. The number of alkyl halides is 1. The number of carboxylic acids is 1. The zero-order chi connectivity index (χ0) is 20.1. The molecule has 146 valence electrons. The van der Waals surface area contributed by atoms with Crippen LogP contribution in [0.15, 0.2) is 54.6 Å². The van der Waals surface area contributed by atoms with Gasteiger partial charge in [0.15, 0.2) is 0 Å². The van der Waals surface area contributed by atoms with Crippen LogP contribution < -0.4 is 16.0 Å². The molecular weight excluding hydrogens is 382 g/mol. The summed E-state index contributed by atoms with van der Waals surface area (Å²) in [6.45, 7) is 0.292. The van der Waals surface area contributed by atoms with Gasteiger partial charge in [-0.05, 0) is 18.2 Å². The van der Waals surface area contributed by atoms with Gasteiger partial charge in [-0.3, -0.25) is 9.59 Å². The number of hydrogen-bond acceptors (Lipinski definition) is 4. The molecule has 1 heterocycles. The van der Waals surface area contributed by atoms with Gasteiger partial charge in [-0.25, -0.2) is 4.79 Å². The lowest BCUT2D eigenvalue weighted by atomic mass is 9.85. The number of rotatable bonds is 7. The summed E-state index contributed by atoms with van der Waals surface area (Å²) in [5.74, 6) is -2.35. The molecule has 1 aliphatic rings. The van der Waals surface area contributed by atoms with Gasteiger partial charge >= 0.3 is 5.97 Å². The molecule has 0 aromatic heterocycles. The Morgan fingerprint density at radius 3 is 2.46 bits per heavy atom. The number of carbonyl (C=O) groups excluding carboxylic acids is 2. The van der Waals surface area contributed by atoms with Crippen LogP contribution in [0.2, 0.25) is 0 Å². The van der Waals surface area contributed by atoms with E-state index in [0.29, 0.717) is 12.1 Å². The van der Waals surface area contributed by atoms with Gasteiger partial charge in [0.05, 0.1) is 5.54 Å². The third-order valence-corrected chi connectivity index (χ3v) is 4.96. The van der Waals surface area contributed by atoms with Gasteiger partial charge in [-0.2, -0.15) is 0 Å². The van der Waals surface area contributed by atoms with E-state index < -0.39 is 29.4 Å². The lowest BCUT2D eigenvalue weighted by Crippen LogP contribution is -2.54. The maximum Gasteiger partial charge on any atom is 0.326 e. The second kappa shape index (κ2) is 8.31. The maximum absolute atomic E-state index is 12.5. The highest BCUT2D eigenvalue weighted by atomic mass is 35.5. The molecule has 2 atom stereocenters. The zero-order valence-electron chi connectivity index (χ0n) is 14.9. The van der Waals surface area contributed by atoms with E-state index in [1.807, 2.05) is 24.3 Å². The number of carbonyl (C=O) groups is 3. The molecule has 2 unspecified atom stereocenters. The molecule has 0 saturated heterocycles. The third-order valence-electron chi connectivity index (χ3n) is 4.72. The molecule has 0 bridgehead atoms.